The maximum absolute atomic E-state index is 12.2. The van der Waals surface area contributed by atoms with Gasteiger partial charge in [-0.2, -0.15) is 16.5 Å². The number of hydrogen-bond acceptors (Lipinski definition) is 7. The minimum absolute atomic E-state index is 0.127. The van der Waals surface area contributed by atoms with Crippen LogP contribution in [0.3, 0.4) is 0 Å². The quantitative estimate of drug-likeness (QED) is 0.200. The van der Waals surface area contributed by atoms with Crippen molar-refractivity contribution in [2.24, 2.45) is 0 Å². The van der Waals surface area contributed by atoms with E-state index in [1.165, 1.54) is 0 Å². The molecule has 0 fully saturated rings. The molecule has 2 aromatic heterocycles. The minimum Gasteiger partial charge on any atom is -0.566 e. The van der Waals surface area contributed by atoms with Crippen LogP contribution < -0.4 is 14.2 Å². The number of fused-ring (bicyclic) bond motifs is 1. The van der Waals surface area contributed by atoms with E-state index in [1.807, 2.05) is 48.2 Å². The highest BCUT2D eigenvalue weighted by atomic mass is 32.2. The lowest BCUT2D eigenvalue weighted by molar-refractivity contribution is -0.696. The fraction of sp³-hybridized carbons (Fsp3) is 0.278. The summed E-state index contributed by atoms with van der Waals surface area (Å²) in [6.07, 6.45) is 5.19. The first-order valence-corrected chi connectivity index (χ1v) is 13.3. The Morgan fingerprint density at radius 3 is 2.76 bits per heavy atom. The first kappa shape index (κ1) is 22.3. The van der Waals surface area contributed by atoms with Crippen LogP contribution in [0.4, 0.5) is 0 Å². The molecular weight excluding hydrogens is 451 g/mol. The first-order valence-electron chi connectivity index (χ1n) is 8.75. The Morgan fingerprint density at radius 1 is 1.21 bits per heavy atom. The zero-order chi connectivity index (χ0) is 20.7. The number of thioether (sulfide) groups is 1. The van der Waals surface area contributed by atoms with E-state index < -0.39 is 25.0 Å². The lowest BCUT2D eigenvalue weighted by Crippen LogP contribution is -2.32. The second-order valence-corrected chi connectivity index (χ2v) is 11.0. The molecule has 0 bridgehead atoms. The summed E-state index contributed by atoms with van der Waals surface area (Å²) in [5.41, 5.74) is 1.14. The smallest absolute Gasteiger partial charge is 0.489 e. The average Bonchev–Trinajstić information content (AvgIpc) is 3.12. The number of aryl methyl sites for hydroxylation is 1. The van der Waals surface area contributed by atoms with Gasteiger partial charge in [-0.15, -0.1) is 15.9 Å². The highest BCUT2D eigenvalue weighted by Gasteiger charge is 2.18. The summed E-state index contributed by atoms with van der Waals surface area (Å²) in [5, 5.41) is 0.851. The Hall–Kier alpha value is -1.39. The topological polar surface area (TPSA) is 99.4 Å². The zero-order valence-corrected chi connectivity index (χ0v) is 18.7. The second-order valence-electron chi connectivity index (χ2n) is 6.10. The molecule has 1 N–H and O–H groups in total. The van der Waals surface area contributed by atoms with Gasteiger partial charge in [0, 0.05) is 29.0 Å². The molecule has 1 atom stereocenters. The van der Waals surface area contributed by atoms with E-state index in [0.717, 1.165) is 51.5 Å². The van der Waals surface area contributed by atoms with Crippen LogP contribution in [0.1, 0.15) is 12.0 Å². The molecule has 29 heavy (non-hydrogen) atoms. The number of aromatic nitrogens is 1. The van der Waals surface area contributed by atoms with E-state index in [0.29, 0.717) is 0 Å². The van der Waals surface area contributed by atoms with Crippen molar-refractivity contribution in [2.75, 3.05) is 12.5 Å². The molecular formula is C18H20N2O5PS3+. The number of thiophene rings is 1. The standard InChI is InChI=1S/C18H20N2O5PS3/c21-26(22)25-14-19-29(23,24)18-12-16-11-15(5-6-17(16)28-18)13-27-10-4-9-20-7-2-1-3-8-20/h1-3,5-8,11-12,19H,4,9-10,13-14H2/q+1. The van der Waals surface area contributed by atoms with Crippen molar-refractivity contribution >= 4 is 51.5 Å². The highest BCUT2D eigenvalue weighted by Crippen LogP contribution is 2.30. The minimum atomic E-state index is -3.81. The van der Waals surface area contributed by atoms with Crippen LogP contribution in [0.25, 0.3) is 10.1 Å². The van der Waals surface area contributed by atoms with Gasteiger partial charge in [0.15, 0.2) is 19.1 Å². The molecule has 0 amide bonds. The van der Waals surface area contributed by atoms with Gasteiger partial charge in [-0.1, -0.05) is 12.1 Å². The van der Waals surface area contributed by atoms with Gasteiger partial charge in [0.2, 0.25) is 0 Å². The third-order valence-corrected chi connectivity index (χ3v) is 8.41. The molecule has 1 aromatic carbocycles. The van der Waals surface area contributed by atoms with Crippen LogP contribution in [0.2, 0.25) is 0 Å². The number of rotatable bonds is 11. The van der Waals surface area contributed by atoms with Crippen LogP contribution in [-0.2, 0) is 31.4 Å². The van der Waals surface area contributed by atoms with E-state index in [2.05, 4.69) is 26.2 Å². The van der Waals surface area contributed by atoms with Gasteiger partial charge in [-0.25, -0.2) is 13.0 Å². The third kappa shape index (κ3) is 6.82. The third-order valence-electron chi connectivity index (χ3n) is 3.99. The average molecular weight is 472 g/mol. The zero-order valence-electron chi connectivity index (χ0n) is 15.4. The van der Waals surface area contributed by atoms with Crippen LogP contribution in [-0.4, -0.2) is 20.9 Å². The molecule has 2 heterocycles. The molecule has 0 saturated carbocycles. The normalized spacial score (nSPS) is 12.4. The second kappa shape index (κ2) is 10.6. The number of hydrogen-bond donors (Lipinski definition) is 1. The predicted octanol–water partition coefficient (Wildman–Crippen LogP) is 2.78. The van der Waals surface area contributed by atoms with Crippen LogP contribution in [0.5, 0.6) is 0 Å². The Bertz CT molecular complexity index is 1070. The number of nitrogens with zero attached hydrogens (tertiary/aromatic N) is 1. The van der Waals surface area contributed by atoms with Crippen molar-refractivity contribution in [3.63, 3.8) is 0 Å². The number of sulfonamides is 1. The SMILES string of the molecule is O=[P+]([O-])OCNS(=O)(=O)c1cc2cc(CSCCC[n+]3ccccc3)ccc2s1. The Kier molecular flexibility index (Phi) is 8.14. The molecule has 154 valence electrons. The van der Waals surface area contributed by atoms with Gasteiger partial charge in [0.1, 0.15) is 10.8 Å². The molecule has 3 aromatic rings. The summed E-state index contributed by atoms with van der Waals surface area (Å²) in [7, 11) is -6.91. The maximum atomic E-state index is 12.2. The molecule has 0 saturated heterocycles. The molecule has 0 aliphatic rings. The molecule has 0 radical (unpaired) electrons. The van der Waals surface area contributed by atoms with Crippen molar-refractivity contribution in [3.05, 3.63) is 60.4 Å². The Balaban J connectivity index is 1.54. The summed E-state index contributed by atoms with van der Waals surface area (Å²) in [6, 6.07) is 13.6. The summed E-state index contributed by atoms with van der Waals surface area (Å²) in [6.45, 7) is 0.369. The molecule has 1 unspecified atom stereocenters. The van der Waals surface area contributed by atoms with E-state index in [-0.39, 0.29) is 4.21 Å². The fourth-order valence-corrected chi connectivity index (χ4v) is 6.09. The van der Waals surface area contributed by atoms with Gasteiger partial charge < -0.3 is 4.89 Å². The Morgan fingerprint density at radius 2 is 2.00 bits per heavy atom. The summed E-state index contributed by atoms with van der Waals surface area (Å²) in [4.78, 5) is 10.4. The van der Waals surface area contributed by atoms with E-state index in [9.17, 15) is 17.9 Å². The van der Waals surface area contributed by atoms with Crippen molar-refractivity contribution in [1.82, 2.24) is 4.72 Å². The highest BCUT2D eigenvalue weighted by molar-refractivity contribution is 7.98. The monoisotopic (exact) mass is 471 g/mol. The largest absolute Gasteiger partial charge is 0.566 e. The van der Waals surface area contributed by atoms with Gasteiger partial charge >= 0.3 is 8.25 Å². The van der Waals surface area contributed by atoms with Crippen LogP contribution in [0, 0.1) is 0 Å². The van der Waals surface area contributed by atoms with Crippen molar-refractivity contribution in [1.29, 1.82) is 0 Å². The lowest BCUT2D eigenvalue weighted by Gasteiger charge is -2.01. The van der Waals surface area contributed by atoms with Crippen molar-refractivity contribution in [2.45, 2.75) is 22.9 Å². The molecule has 0 spiro atoms. The van der Waals surface area contributed by atoms with Crippen molar-refractivity contribution in [3.8, 4) is 0 Å². The van der Waals surface area contributed by atoms with E-state index in [1.54, 1.807) is 6.07 Å². The van der Waals surface area contributed by atoms with Crippen LogP contribution in [0.15, 0.2) is 59.1 Å². The molecule has 3 rings (SSSR count). The molecule has 0 aliphatic carbocycles. The van der Waals surface area contributed by atoms with Gasteiger partial charge in [-0.05, 0) is 39.5 Å². The van der Waals surface area contributed by atoms with Crippen molar-refractivity contribution < 1.29 is 27.0 Å². The van der Waals surface area contributed by atoms with E-state index in [4.69, 9.17) is 0 Å². The molecule has 0 aliphatic heterocycles. The maximum Gasteiger partial charge on any atom is 0.489 e. The summed E-state index contributed by atoms with van der Waals surface area (Å²) < 4.78 is 44.4. The first-order chi connectivity index (χ1) is 13.9. The number of pyridine rings is 1. The fourth-order valence-electron chi connectivity index (χ4n) is 2.64. The molecule has 7 nitrogen and oxygen atoms in total. The van der Waals surface area contributed by atoms with Gasteiger partial charge in [-0.3, -0.25) is 0 Å². The van der Waals surface area contributed by atoms with E-state index >= 15 is 0 Å². The number of nitrogens with one attached hydrogen (secondary N) is 1. The molecule has 11 heteroatoms. The predicted molar refractivity (Wildman–Crippen MR) is 113 cm³/mol. The summed E-state index contributed by atoms with van der Waals surface area (Å²) >= 11 is 2.98. The van der Waals surface area contributed by atoms with Gasteiger partial charge in [0.05, 0.1) is 0 Å². The Labute approximate surface area is 178 Å². The summed E-state index contributed by atoms with van der Waals surface area (Å²) in [5.74, 6) is 1.89. The number of benzene rings is 1. The lowest BCUT2D eigenvalue weighted by atomic mass is 10.2. The van der Waals surface area contributed by atoms with Gasteiger partial charge in [0.25, 0.3) is 10.0 Å². The van der Waals surface area contributed by atoms with Crippen LogP contribution >= 0.6 is 31.4 Å².